The normalized spacial score (nSPS) is 10.0. The monoisotopic (exact) mass is 132 g/mol. The first-order valence-electron chi connectivity index (χ1n) is 1.45. The molecule has 0 amide bonds. The Bertz CT molecular complexity index is 31.2. The van der Waals surface area contributed by atoms with Gasteiger partial charge in [-0.3, -0.25) is 0 Å². The number of hydrogen-bond acceptors (Lipinski definition) is 2. The van der Waals surface area contributed by atoms with Gasteiger partial charge in [0.2, 0.25) is 0 Å². The Morgan fingerprint density at radius 2 is 1.33 bits per heavy atom. The molecule has 0 radical (unpaired) electrons. The molecule has 0 aliphatic carbocycles. The van der Waals surface area contributed by atoms with Crippen molar-refractivity contribution >= 4 is 8.56 Å². The van der Waals surface area contributed by atoms with Crippen LogP contribution in [-0.4, -0.2) is 18.2 Å². The van der Waals surface area contributed by atoms with Crippen LogP contribution in [0.4, 0.5) is 0 Å². The van der Waals surface area contributed by atoms with Crippen molar-refractivity contribution in [1.82, 2.24) is 0 Å². The fourth-order valence-electron chi connectivity index (χ4n) is 0. The second-order valence-corrected chi connectivity index (χ2v) is 4.48. The first kappa shape index (κ1) is 10.7. The summed E-state index contributed by atoms with van der Waals surface area (Å²) in [7, 11) is -2.61. The molecule has 0 fully saturated rings. The van der Waals surface area contributed by atoms with Crippen molar-refractivity contribution in [3.05, 3.63) is 0 Å². The van der Waals surface area contributed by atoms with Crippen molar-refractivity contribution in [2.45, 2.75) is 13.1 Å². The Kier molecular flexibility index (Phi) is 6.66. The van der Waals surface area contributed by atoms with Crippen molar-refractivity contribution in [3.63, 3.8) is 0 Å². The minimum Gasteiger partial charge on any atom is -1.00 e. The molecular formula is C2H9KO2Si. The summed E-state index contributed by atoms with van der Waals surface area (Å²) >= 11 is 0. The van der Waals surface area contributed by atoms with E-state index in [-0.39, 0.29) is 52.8 Å². The molecule has 34 valence electrons. The average Bonchev–Trinajstić information content (AvgIpc) is 0.722. The van der Waals surface area contributed by atoms with Crippen LogP contribution in [0.5, 0.6) is 0 Å². The molecule has 0 rings (SSSR count). The molecule has 4 heteroatoms. The maximum Gasteiger partial charge on any atom is 1.00 e. The zero-order valence-electron chi connectivity index (χ0n) is 5.39. The van der Waals surface area contributed by atoms with Crippen molar-refractivity contribution in [2.24, 2.45) is 0 Å². The fourth-order valence-corrected chi connectivity index (χ4v) is 0. The Morgan fingerprint density at radius 1 is 1.33 bits per heavy atom. The largest absolute Gasteiger partial charge is 1.00 e. The maximum absolute atomic E-state index is 8.22. The van der Waals surface area contributed by atoms with Crippen LogP contribution in [0.15, 0.2) is 0 Å². The summed E-state index contributed by atoms with van der Waals surface area (Å²) in [5.41, 5.74) is 0. The zero-order valence-corrected chi connectivity index (χ0v) is 8.52. The van der Waals surface area contributed by atoms with Crippen molar-refractivity contribution in [1.29, 1.82) is 0 Å². The molecule has 0 aliphatic rings. The molecular weight excluding hydrogens is 123 g/mol. The molecule has 2 nitrogen and oxygen atoms in total. The Morgan fingerprint density at radius 3 is 1.33 bits per heavy atom. The summed E-state index contributed by atoms with van der Waals surface area (Å²) in [6.07, 6.45) is 0. The Balaban J connectivity index is -0.0000000800. The van der Waals surface area contributed by atoms with Crippen LogP contribution in [0, 0.1) is 0 Å². The summed E-state index contributed by atoms with van der Waals surface area (Å²) in [4.78, 5) is 16.4. The van der Waals surface area contributed by atoms with E-state index in [9.17, 15) is 0 Å². The Labute approximate surface area is 82.7 Å². The topological polar surface area (TPSA) is 40.5 Å². The second kappa shape index (κ2) is 3.74. The van der Waals surface area contributed by atoms with Crippen LogP contribution in [0.25, 0.3) is 0 Å². The molecule has 0 saturated heterocycles. The average molecular weight is 132 g/mol. The van der Waals surface area contributed by atoms with Gasteiger partial charge in [-0.25, -0.2) is 0 Å². The van der Waals surface area contributed by atoms with Gasteiger partial charge in [0.1, 0.15) is 0 Å². The Hall–Kier alpha value is 1.77. The maximum atomic E-state index is 8.22. The van der Waals surface area contributed by atoms with Crippen LogP contribution < -0.4 is 51.4 Å². The fraction of sp³-hybridized carbons (Fsp3) is 1.00. The van der Waals surface area contributed by atoms with Crippen LogP contribution in [0.3, 0.4) is 0 Å². The third-order valence-electron chi connectivity index (χ3n) is 0. The van der Waals surface area contributed by atoms with Crippen LogP contribution in [0.1, 0.15) is 1.43 Å². The molecule has 0 aliphatic heterocycles. The summed E-state index contributed by atoms with van der Waals surface area (Å²) in [6.45, 7) is 2.88. The first-order valence-corrected chi connectivity index (χ1v) is 4.34. The predicted octanol–water partition coefficient (Wildman–Crippen LogP) is -3.21. The molecule has 0 unspecified atom stereocenters. The molecule has 2 N–H and O–H groups in total. The van der Waals surface area contributed by atoms with E-state index in [1.807, 2.05) is 0 Å². The van der Waals surface area contributed by atoms with Gasteiger partial charge in [-0.1, -0.05) is 0 Å². The van der Waals surface area contributed by atoms with Gasteiger partial charge in [-0.2, -0.15) is 0 Å². The standard InChI is InChI=1S/C2H8O2Si.K.H/c1-5(2,3)4;;/h3-4H,1-2H3;;/q;+1;-1. The van der Waals surface area contributed by atoms with Crippen molar-refractivity contribution in [3.8, 4) is 0 Å². The van der Waals surface area contributed by atoms with Crippen LogP contribution in [-0.2, 0) is 0 Å². The molecule has 0 aromatic rings. The smallest absolute Gasteiger partial charge is 1.00 e. The van der Waals surface area contributed by atoms with E-state index < -0.39 is 8.56 Å². The summed E-state index contributed by atoms with van der Waals surface area (Å²) < 4.78 is 0. The van der Waals surface area contributed by atoms with Crippen LogP contribution >= 0.6 is 0 Å². The van der Waals surface area contributed by atoms with E-state index in [2.05, 4.69) is 0 Å². The summed E-state index contributed by atoms with van der Waals surface area (Å²) in [6, 6.07) is 0. The van der Waals surface area contributed by atoms with E-state index in [0.717, 1.165) is 0 Å². The third-order valence-corrected chi connectivity index (χ3v) is 0. The molecule has 0 bridgehead atoms. The van der Waals surface area contributed by atoms with Crippen molar-refractivity contribution in [2.75, 3.05) is 0 Å². The van der Waals surface area contributed by atoms with Gasteiger partial charge in [0.15, 0.2) is 0 Å². The second-order valence-electron chi connectivity index (χ2n) is 1.49. The summed E-state index contributed by atoms with van der Waals surface area (Å²) in [5.74, 6) is 0. The van der Waals surface area contributed by atoms with E-state index in [4.69, 9.17) is 9.59 Å². The van der Waals surface area contributed by atoms with Gasteiger partial charge in [-0.15, -0.1) is 0 Å². The van der Waals surface area contributed by atoms with Gasteiger partial charge in [0, 0.05) is 0 Å². The molecule has 0 aromatic heterocycles. The molecule has 0 aromatic carbocycles. The van der Waals surface area contributed by atoms with Crippen molar-refractivity contribution < 1.29 is 62.4 Å². The molecule has 0 saturated carbocycles. The van der Waals surface area contributed by atoms with E-state index in [1.165, 1.54) is 13.1 Å². The molecule has 6 heavy (non-hydrogen) atoms. The zero-order chi connectivity index (χ0) is 4.50. The first-order chi connectivity index (χ1) is 2.00. The summed E-state index contributed by atoms with van der Waals surface area (Å²) in [5, 5.41) is 0. The van der Waals surface area contributed by atoms with Gasteiger partial charge >= 0.3 is 59.9 Å². The van der Waals surface area contributed by atoms with Gasteiger partial charge in [0.05, 0.1) is 0 Å². The molecule has 0 spiro atoms. The van der Waals surface area contributed by atoms with Gasteiger partial charge in [0.25, 0.3) is 0 Å². The van der Waals surface area contributed by atoms with Gasteiger partial charge in [-0.05, 0) is 13.1 Å². The predicted molar refractivity (Wildman–Crippen MR) is 23.0 cm³/mol. The third kappa shape index (κ3) is 41.8. The molecule has 0 heterocycles. The van der Waals surface area contributed by atoms with E-state index in [1.54, 1.807) is 0 Å². The minimum absolute atomic E-state index is 0. The quantitative estimate of drug-likeness (QED) is 0.341. The van der Waals surface area contributed by atoms with Gasteiger partial charge < -0.3 is 11.0 Å². The SMILES string of the molecule is C[Si](C)(O)O.[H-].[K+]. The number of rotatable bonds is 0. The number of hydrogen-bond donors (Lipinski definition) is 2. The van der Waals surface area contributed by atoms with Crippen LogP contribution in [0.2, 0.25) is 13.1 Å². The van der Waals surface area contributed by atoms with E-state index in [0.29, 0.717) is 0 Å². The minimum atomic E-state index is -2.61. The molecule has 0 atom stereocenters. The van der Waals surface area contributed by atoms with E-state index >= 15 is 0 Å².